The molecule has 0 aromatic carbocycles. The van der Waals surface area contributed by atoms with Crippen LogP contribution >= 0.6 is 0 Å². The Labute approximate surface area is 94.6 Å². The summed E-state index contributed by atoms with van der Waals surface area (Å²) in [6.07, 6.45) is 2.08. The van der Waals surface area contributed by atoms with Crippen molar-refractivity contribution in [3.63, 3.8) is 0 Å². The number of carbonyl (C=O) groups is 1. The molecule has 3 N–H and O–H groups in total. The lowest BCUT2D eigenvalue weighted by Crippen LogP contribution is -2.64. The summed E-state index contributed by atoms with van der Waals surface area (Å²) in [7, 11) is -1.91. The van der Waals surface area contributed by atoms with Gasteiger partial charge in [0.25, 0.3) is 0 Å². The maximum Gasteiger partial charge on any atom is 0.325 e. The molecule has 0 aromatic heterocycles. The van der Waals surface area contributed by atoms with E-state index < -0.39 is 21.5 Å². The summed E-state index contributed by atoms with van der Waals surface area (Å²) >= 11 is 0. The monoisotopic (exact) mass is 248 g/mol. The molecule has 7 heteroatoms. The fourth-order valence-corrected chi connectivity index (χ4v) is 3.56. The van der Waals surface area contributed by atoms with Gasteiger partial charge in [-0.25, -0.2) is 13.1 Å². The first kappa shape index (κ1) is 11.8. The van der Waals surface area contributed by atoms with Crippen LogP contribution in [0.5, 0.6) is 0 Å². The van der Waals surface area contributed by atoms with Gasteiger partial charge in [-0.05, 0) is 25.7 Å². The van der Waals surface area contributed by atoms with Crippen LogP contribution in [0.4, 0.5) is 0 Å². The largest absolute Gasteiger partial charge is 0.468 e. The zero-order valence-corrected chi connectivity index (χ0v) is 9.92. The Kier molecular flexibility index (Phi) is 2.72. The minimum atomic E-state index is -3.19. The lowest BCUT2D eigenvalue weighted by atomic mass is 9.74. The van der Waals surface area contributed by atoms with Crippen LogP contribution in [0.1, 0.15) is 25.7 Å². The van der Waals surface area contributed by atoms with Gasteiger partial charge >= 0.3 is 5.97 Å². The summed E-state index contributed by atoms with van der Waals surface area (Å²) in [6.45, 7) is 0. The Bertz CT molecular complexity index is 396. The van der Waals surface area contributed by atoms with Crippen LogP contribution in [-0.2, 0) is 19.6 Å². The molecule has 0 aromatic rings. The van der Waals surface area contributed by atoms with Crippen LogP contribution < -0.4 is 10.5 Å². The van der Waals surface area contributed by atoms with Crippen molar-refractivity contribution in [2.75, 3.05) is 7.11 Å². The van der Waals surface area contributed by atoms with E-state index in [4.69, 9.17) is 5.73 Å². The Balaban J connectivity index is 1.87. The average Bonchev–Trinajstić information content (AvgIpc) is 2.96. The van der Waals surface area contributed by atoms with Gasteiger partial charge in [-0.2, -0.15) is 0 Å². The summed E-state index contributed by atoms with van der Waals surface area (Å²) in [4.78, 5) is 11.2. The van der Waals surface area contributed by atoms with Gasteiger partial charge in [0.15, 0.2) is 0 Å². The molecule has 0 atom stereocenters. The second-order valence-corrected chi connectivity index (χ2v) is 6.61. The van der Waals surface area contributed by atoms with Crippen LogP contribution in [0.25, 0.3) is 0 Å². The Hall–Kier alpha value is -0.660. The summed E-state index contributed by atoms with van der Waals surface area (Å²) in [5, 5.41) is -0.238. The molecule has 0 aliphatic heterocycles. The van der Waals surface area contributed by atoms with Gasteiger partial charge in [-0.15, -0.1) is 0 Å². The number of rotatable bonds is 4. The van der Waals surface area contributed by atoms with E-state index in [1.807, 2.05) is 0 Å². The third-order valence-electron chi connectivity index (χ3n) is 3.11. The first-order valence-corrected chi connectivity index (χ1v) is 6.80. The molecule has 2 fully saturated rings. The van der Waals surface area contributed by atoms with Crippen LogP contribution in [0.3, 0.4) is 0 Å². The van der Waals surface area contributed by atoms with E-state index in [-0.39, 0.29) is 11.3 Å². The van der Waals surface area contributed by atoms with Gasteiger partial charge in [0.05, 0.1) is 12.4 Å². The molecule has 0 amide bonds. The van der Waals surface area contributed by atoms with Gasteiger partial charge in [0.1, 0.15) is 5.54 Å². The predicted octanol–water partition coefficient (Wildman–Crippen LogP) is -0.899. The van der Waals surface area contributed by atoms with Crippen molar-refractivity contribution in [3.05, 3.63) is 0 Å². The molecule has 92 valence electrons. The maximum atomic E-state index is 11.6. The fourth-order valence-electron chi connectivity index (χ4n) is 1.98. The van der Waals surface area contributed by atoms with Crippen LogP contribution in [-0.4, -0.2) is 38.3 Å². The third kappa shape index (κ3) is 2.07. The molecular formula is C9H16N2O4S. The number of nitrogens with one attached hydrogen (secondary N) is 1. The smallest absolute Gasteiger partial charge is 0.325 e. The number of carbonyl (C=O) groups excluding carboxylic acids is 1. The van der Waals surface area contributed by atoms with Crippen molar-refractivity contribution in [1.29, 1.82) is 0 Å². The van der Waals surface area contributed by atoms with E-state index in [2.05, 4.69) is 9.46 Å². The Morgan fingerprint density at radius 3 is 2.44 bits per heavy atom. The number of hydrogen-bond donors (Lipinski definition) is 2. The molecular weight excluding hydrogens is 232 g/mol. The number of nitrogens with two attached hydrogens (primary N) is 1. The molecule has 0 bridgehead atoms. The molecule has 0 unspecified atom stereocenters. The molecule has 2 saturated carbocycles. The van der Waals surface area contributed by atoms with Crippen molar-refractivity contribution < 1.29 is 17.9 Å². The van der Waals surface area contributed by atoms with E-state index in [9.17, 15) is 13.2 Å². The number of sulfonamides is 1. The topological polar surface area (TPSA) is 98.5 Å². The fraction of sp³-hybridized carbons (Fsp3) is 0.889. The Morgan fingerprint density at radius 1 is 1.44 bits per heavy atom. The van der Waals surface area contributed by atoms with Gasteiger partial charge in [0, 0.05) is 6.04 Å². The van der Waals surface area contributed by atoms with E-state index in [0.29, 0.717) is 12.8 Å². The highest BCUT2D eigenvalue weighted by Gasteiger charge is 2.50. The average molecular weight is 248 g/mol. The SMILES string of the molecule is COC(=O)C1(N)CC(NS(=O)(=O)C2CC2)C1. The summed E-state index contributed by atoms with van der Waals surface area (Å²) in [6, 6.07) is -0.227. The van der Waals surface area contributed by atoms with Crippen molar-refractivity contribution in [2.45, 2.75) is 42.5 Å². The third-order valence-corrected chi connectivity index (χ3v) is 5.12. The lowest BCUT2D eigenvalue weighted by Gasteiger charge is -2.42. The molecule has 2 aliphatic rings. The molecule has 16 heavy (non-hydrogen) atoms. The molecule has 2 rings (SSSR count). The highest BCUT2D eigenvalue weighted by molar-refractivity contribution is 7.90. The maximum absolute atomic E-state index is 11.6. The Morgan fingerprint density at radius 2 is 2.00 bits per heavy atom. The number of hydrogen-bond acceptors (Lipinski definition) is 5. The van der Waals surface area contributed by atoms with Gasteiger partial charge in [0.2, 0.25) is 10.0 Å². The second kappa shape index (κ2) is 3.68. The van der Waals surface area contributed by atoms with Crippen molar-refractivity contribution in [1.82, 2.24) is 4.72 Å². The van der Waals surface area contributed by atoms with Crippen LogP contribution in [0.2, 0.25) is 0 Å². The standard InChI is InChI=1S/C9H16N2O4S/c1-15-8(12)9(10)4-6(5-9)11-16(13,14)7-2-3-7/h6-7,11H,2-5,10H2,1H3. The number of esters is 1. The highest BCUT2D eigenvalue weighted by Crippen LogP contribution is 2.34. The van der Waals surface area contributed by atoms with Gasteiger partial charge in [-0.3, -0.25) is 4.79 Å². The molecule has 0 saturated heterocycles. The van der Waals surface area contributed by atoms with Crippen molar-refractivity contribution >= 4 is 16.0 Å². The second-order valence-electron chi connectivity index (χ2n) is 4.62. The first-order chi connectivity index (χ1) is 7.37. The van der Waals surface area contributed by atoms with Crippen LogP contribution in [0, 0.1) is 0 Å². The summed E-state index contributed by atoms with van der Waals surface area (Å²) < 4.78 is 30.3. The molecule has 6 nitrogen and oxygen atoms in total. The van der Waals surface area contributed by atoms with E-state index in [1.165, 1.54) is 7.11 Å². The molecule has 2 aliphatic carbocycles. The minimum Gasteiger partial charge on any atom is -0.468 e. The van der Waals surface area contributed by atoms with E-state index >= 15 is 0 Å². The lowest BCUT2D eigenvalue weighted by molar-refractivity contribution is -0.151. The molecule has 0 heterocycles. The van der Waals surface area contributed by atoms with Crippen LogP contribution in [0.15, 0.2) is 0 Å². The first-order valence-electron chi connectivity index (χ1n) is 5.26. The number of ether oxygens (including phenoxy) is 1. The molecule has 0 spiro atoms. The van der Waals surface area contributed by atoms with Gasteiger partial charge < -0.3 is 10.5 Å². The highest BCUT2D eigenvalue weighted by atomic mass is 32.2. The van der Waals surface area contributed by atoms with Crippen molar-refractivity contribution in [2.24, 2.45) is 5.73 Å². The zero-order chi connectivity index (χ0) is 12.0. The predicted molar refractivity (Wildman–Crippen MR) is 57.0 cm³/mol. The quantitative estimate of drug-likeness (QED) is 0.628. The normalized spacial score (nSPS) is 34.2. The van der Waals surface area contributed by atoms with E-state index in [0.717, 1.165) is 12.8 Å². The summed E-state index contributed by atoms with van der Waals surface area (Å²) in [5.74, 6) is -0.477. The van der Waals surface area contributed by atoms with Gasteiger partial charge in [-0.1, -0.05) is 0 Å². The zero-order valence-electron chi connectivity index (χ0n) is 9.10. The molecule has 0 radical (unpaired) electrons. The minimum absolute atomic E-state index is 0.227. The van der Waals surface area contributed by atoms with E-state index in [1.54, 1.807) is 0 Å². The number of methoxy groups -OCH3 is 1. The summed E-state index contributed by atoms with van der Waals surface area (Å²) in [5.41, 5.74) is 4.74. The van der Waals surface area contributed by atoms with Crippen molar-refractivity contribution in [3.8, 4) is 0 Å².